The number of methoxy groups -OCH3 is 1. The van der Waals surface area contributed by atoms with Gasteiger partial charge in [-0.3, -0.25) is 19.4 Å². The Balaban J connectivity index is 0.869. The van der Waals surface area contributed by atoms with E-state index >= 15 is 0 Å². The number of amides is 3. The SMILES string of the molecule is COc1cccc(Nc2c(C(N)=O)cnc3c(C)cc(S(=O)(=O)c4cccc(C(=O)Nc5ccc(-c6ccc(CCCCNC[C@H](O)c7ccc(O)c8c7OCC(=O)N8)cc6)cc5)c4)cc23)c1. The van der Waals surface area contributed by atoms with Gasteiger partial charge in [0, 0.05) is 46.7 Å². The van der Waals surface area contributed by atoms with Crippen LogP contribution in [0.5, 0.6) is 17.2 Å². The molecule has 1 atom stereocenters. The molecule has 0 spiro atoms. The minimum Gasteiger partial charge on any atom is -0.506 e. The molecule has 0 saturated heterocycles. The number of sulfone groups is 1. The van der Waals surface area contributed by atoms with Gasteiger partial charge >= 0.3 is 0 Å². The smallest absolute Gasteiger partial charge is 0.262 e. The summed E-state index contributed by atoms with van der Waals surface area (Å²) < 4.78 is 39.3. The maximum Gasteiger partial charge on any atom is 0.262 e. The number of phenolic OH excluding ortho intramolecular Hbond substituents is 1. The van der Waals surface area contributed by atoms with Crippen molar-refractivity contribution in [3.63, 3.8) is 0 Å². The zero-order chi connectivity index (χ0) is 47.2. The number of nitrogens with two attached hydrogens (primary N) is 1. The molecule has 8 rings (SSSR count). The van der Waals surface area contributed by atoms with E-state index in [-0.39, 0.29) is 62.9 Å². The maximum absolute atomic E-state index is 14.2. The van der Waals surface area contributed by atoms with E-state index in [2.05, 4.69) is 50.5 Å². The van der Waals surface area contributed by atoms with Crippen LogP contribution in [0.4, 0.5) is 22.7 Å². The Hall–Kier alpha value is -7.79. The van der Waals surface area contributed by atoms with E-state index < -0.39 is 27.8 Å². The Kier molecular flexibility index (Phi) is 13.5. The number of rotatable bonds is 17. The number of aliphatic hydroxyl groups is 1. The third-order valence-electron chi connectivity index (χ3n) is 11.4. The molecule has 6 aromatic carbocycles. The van der Waals surface area contributed by atoms with Gasteiger partial charge in [0.25, 0.3) is 17.7 Å². The third kappa shape index (κ3) is 10.2. The number of carbonyl (C=O) groups is 3. The maximum atomic E-state index is 14.2. The van der Waals surface area contributed by atoms with Gasteiger partial charge in [-0.15, -0.1) is 0 Å². The normalized spacial score (nSPS) is 12.7. The molecular weight excluding hydrogens is 873 g/mol. The van der Waals surface area contributed by atoms with Crippen LogP contribution in [0.2, 0.25) is 0 Å². The molecule has 8 N–H and O–H groups in total. The number of hydrogen-bond acceptors (Lipinski definition) is 12. The van der Waals surface area contributed by atoms with Gasteiger partial charge in [0.05, 0.1) is 39.8 Å². The molecule has 342 valence electrons. The van der Waals surface area contributed by atoms with Crippen molar-refractivity contribution in [3.8, 4) is 28.4 Å². The van der Waals surface area contributed by atoms with Crippen LogP contribution in [0.15, 0.2) is 137 Å². The standard InChI is InChI=1S/C51H48N6O9S/c1-30-23-39(26-41-46(30)54-27-42(50(52)61)47(41)55-36-9-6-10-37(25-36)65-2)67(63,64)38-11-5-8-34(24-38)51(62)56-35-18-16-33(17-19-35)32-14-12-31(13-15-32)7-3-4-22-53-28-44(59)40-20-21-43(58)48-49(40)66-29-45(60)57-48/h5-6,8-21,23-27,44,53,58-59H,3-4,7,22,28-29H2,1-2H3,(H2,52,61)(H,54,55)(H,56,62)(H,57,60)/t44-/m0/s1. The van der Waals surface area contributed by atoms with Crippen molar-refractivity contribution in [2.45, 2.75) is 42.1 Å². The van der Waals surface area contributed by atoms with Crippen LogP contribution in [0.1, 0.15) is 56.4 Å². The Morgan fingerprint density at radius 1 is 0.896 bits per heavy atom. The van der Waals surface area contributed by atoms with Crippen LogP contribution in [0, 0.1) is 6.92 Å². The summed E-state index contributed by atoms with van der Waals surface area (Å²) in [5, 5.41) is 33.1. The summed E-state index contributed by atoms with van der Waals surface area (Å²) in [6.07, 6.45) is 3.16. The van der Waals surface area contributed by atoms with E-state index in [9.17, 15) is 33.0 Å². The van der Waals surface area contributed by atoms with Crippen molar-refractivity contribution in [3.05, 3.63) is 155 Å². The first-order valence-corrected chi connectivity index (χ1v) is 22.9. The fourth-order valence-corrected chi connectivity index (χ4v) is 9.31. The van der Waals surface area contributed by atoms with Gasteiger partial charge in [0.15, 0.2) is 12.4 Å². The fraction of sp³-hybridized carbons (Fsp3) is 0.176. The molecule has 0 saturated carbocycles. The van der Waals surface area contributed by atoms with Gasteiger partial charge in [0.1, 0.15) is 17.2 Å². The number of phenols is 1. The molecule has 0 radical (unpaired) electrons. The number of aromatic nitrogens is 1. The molecule has 1 aliphatic heterocycles. The molecule has 7 aromatic rings. The van der Waals surface area contributed by atoms with E-state index in [1.54, 1.807) is 55.5 Å². The lowest BCUT2D eigenvalue weighted by atomic mass is 10.0. The average Bonchev–Trinajstić information content (AvgIpc) is 3.33. The molecule has 15 nitrogen and oxygen atoms in total. The number of nitrogens with zero attached hydrogens (tertiary/aromatic N) is 1. The number of ether oxygens (including phenoxy) is 2. The predicted octanol–water partition coefficient (Wildman–Crippen LogP) is 7.83. The lowest BCUT2D eigenvalue weighted by Gasteiger charge is -2.23. The number of nitrogens with one attached hydrogen (secondary N) is 4. The number of primary amides is 1. The highest BCUT2D eigenvalue weighted by molar-refractivity contribution is 7.91. The average molecular weight is 921 g/mol. The highest BCUT2D eigenvalue weighted by Gasteiger charge is 2.26. The zero-order valence-electron chi connectivity index (χ0n) is 36.6. The molecule has 1 aromatic heterocycles. The number of aromatic hydroxyl groups is 1. The Bertz CT molecular complexity index is 3130. The summed E-state index contributed by atoms with van der Waals surface area (Å²) in [6.45, 7) is 2.52. The van der Waals surface area contributed by atoms with Crippen molar-refractivity contribution < 1.29 is 42.5 Å². The molecule has 0 fully saturated rings. The van der Waals surface area contributed by atoms with Crippen molar-refractivity contribution in [2.24, 2.45) is 5.73 Å². The van der Waals surface area contributed by atoms with Crippen LogP contribution in [0.25, 0.3) is 22.0 Å². The number of pyridine rings is 1. The predicted molar refractivity (Wildman–Crippen MR) is 256 cm³/mol. The summed E-state index contributed by atoms with van der Waals surface area (Å²) in [4.78, 5) is 42.0. The number of aliphatic hydroxyl groups excluding tert-OH is 1. The summed E-state index contributed by atoms with van der Waals surface area (Å²) >= 11 is 0. The molecule has 0 unspecified atom stereocenters. The van der Waals surface area contributed by atoms with Gasteiger partial charge in [-0.2, -0.15) is 0 Å². The van der Waals surface area contributed by atoms with Gasteiger partial charge in [-0.05, 0) is 122 Å². The number of hydrogen-bond donors (Lipinski definition) is 7. The van der Waals surface area contributed by atoms with Gasteiger partial charge < -0.3 is 46.7 Å². The lowest BCUT2D eigenvalue weighted by molar-refractivity contribution is -0.118. The monoisotopic (exact) mass is 920 g/mol. The molecule has 1 aliphatic rings. The Morgan fingerprint density at radius 3 is 2.39 bits per heavy atom. The van der Waals surface area contributed by atoms with Gasteiger partial charge in [0.2, 0.25) is 9.84 Å². The van der Waals surface area contributed by atoms with Crippen molar-refractivity contribution in [2.75, 3.05) is 42.8 Å². The highest BCUT2D eigenvalue weighted by atomic mass is 32.2. The van der Waals surface area contributed by atoms with E-state index in [1.807, 2.05) is 12.1 Å². The van der Waals surface area contributed by atoms with Crippen LogP contribution in [-0.4, -0.2) is 68.1 Å². The number of unbranched alkanes of at least 4 members (excludes halogenated alkanes) is 1. The number of aryl methyl sites for hydroxylation is 2. The Labute approximate surface area is 386 Å². The van der Waals surface area contributed by atoms with E-state index in [0.717, 1.165) is 30.4 Å². The first kappa shape index (κ1) is 45.8. The quantitative estimate of drug-likeness (QED) is 0.0342. The van der Waals surface area contributed by atoms with Crippen LogP contribution < -0.4 is 36.5 Å². The highest BCUT2D eigenvalue weighted by Crippen LogP contribution is 2.41. The summed E-state index contributed by atoms with van der Waals surface area (Å²) in [5.41, 5.74) is 12.2. The summed E-state index contributed by atoms with van der Waals surface area (Å²) in [7, 11) is -2.65. The first-order valence-electron chi connectivity index (χ1n) is 21.5. The van der Waals surface area contributed by atoms with Gasteiger partial charge in [-0.25, -0.2) is 8.42 Å². The zero-order valence-corrected chi connectivity index (χ0v) is 37.4. The van der Waals surface area contributed by atoms with E-state index in [0.29, 0.717) is 45.7 Å². The second-order valence-electron chi connectivity index (χ2n) is 16.1. The number of carbonyl (C=O) groups excluding carboxylic acids is 3. The molecule has 3 amide bonds. The van der Waals surface area contributed by atoms with Crippen molar-refractivity contribution >= 4 is 61.2 Å². The number of fused-ring (bicyclic) bond motifs is 2. The van der Waals surface area contributed by atoms with Crippen LogP contribution >= 0.6 is 0 Å². The van der Waals surface area contributed by atoms with E-state index in [4.69, 9.17) is 15.2 Å². The largest absolute Gasteiger partial charge is 0.506 e. The summed E-state index contributed by atoms with van der Waals surface area (Å²) in [5.74, 6) is -0.874. The second kappa shape index (κ2) is 19.8. The number of benzene rings is 6. The molecular formula is C51H48N6O9S. The fourth-order valence-electron chi connectivity index (χ4n) is 7.89. The molecule has 16 heteroatoms. The number of anilines is 4. The Morgan fingerprint density at radius 2 is 1.64 bits per heavy atom. The van der Waals surface area contributed by atoms with E-state index in [1.165, 1.54) is 55.3 Å². The molecule has 2 heterocycles. The van der Waals surface area contributed by atoms with Crippen LogP contribution in [-0.2, 0) is 21.1 Å². The van der Waals surface area contributed by atoms with Crippen LogP contribution in [0.3, 0.4) is 0 Å². The summed E-state index contributed by atoms with van der Waals surface area (Å²) in [6, 6.07) is 34.5. The lowest BCUT2D eigenvalue weighted by Crippen LogP contribution is -2.28. The van der Waals surface area contributed by atoms with Crippen molar-refractivity contribution in [1.82, 2.24) is 10.3 Å². The second-order valence-corrected chi connectivity index (χ2v) is 18.0. The third-order valence-corrected chi connectivity index (χ3v) is 13.2. The topological polar surface area (TPSA) is 231 Å². The molecule has 0 bridgehead atoms. The minimum absolute atomic E-state index is 0.0569. The first-order chi connectivity index (χ1) is 32.3. The molecule has 0 aliphatic carbocycles. The van der Waals surface area contributed by atoms with Crippen molar-refractivity contribution in [1.29, 1.82) is 0 Å². The molecule has 67 heavy (non-hydrogen) atoms. The minimum atomic E-state index is -4.18. The van der Waals surface area contributed by atoms with Gasteiger partial charge in [-0.1, -0.05) is 48.5 Å².